The van der Waals surface area contributed by atoms with Crippen molar-refractivity contribution >= 4 is 0 Å². The molecule has 0 saturated carbocycles. The summed E-state index contributed by atoms with van der Waals surface area (Å²) < 4.78 is 0. The standard InChI is InChI=1S/C19H40N2/c1-7-11-17-12-9-10-14-21(17)16-19(6,13-8-2)15-20-18(3,4)5/h17,20H,7-16H2,1-6H3. The molecule has 0 aromatic carbocycles. The minimum absolute atomic E-state index is 0.222. The van der Waals surface area contributed by atoms with Gasteiger partial charge in [-0.25, -0.2) is 0 Å². The topological polar surface area (TPSA) is 15.3 Å². The van der Waals surface area contributed by atoms with Crippen LogP contribution in [-0.4, -0.2) is 36.1 Å². The van der Waals surface area contributed by atoms with Crippen LogP contribution >= 0.6 is 0 Å². The fraction of sp³-hybridized carbons (Fsp3) is 1.00. The van der Waals surface area contributed by atoms with Gasteiger partial charge in [0.15, 0.2) is 0 Å². The van der Waals surface area contributed by atoms with Crippen LogP contribution in [0.1, 0.15) is 86.5 Å². The van der Waals surface area contributed by atoms with Gasteiger partial charge in [-0.3, -0.25) is 4.90 Å². The molecule has 1 aliphatic heterocycles. The van der Waals surface area contributed by atoms with Crippen molar-refractivity contribution in [2.24, 2.45) is 5.41 Å². The quantitative estimate of drug-likeness (QED) is 0.690. The summed E-state index contributed by atoms with van der Waals surface area (Å²) in [6.45, 7) is 17.7. The summed E-state index contributed by atoms with van der Waals surface area (Å²) in [5.41, 5.74) is 0.630. The summed E-state index contributed by atoms with van der Waals surface area (Å²) in [5.74, 6) is 0. The van der Waals surface area contributed by atoms with E-state index in [1.807, 2.05) is 0 Å². The van der Waals surface area contributed by atoms with Crippen molar-refractivity contribution in [3.8, 4) is 0 Å². The molecule has 2 nitrogen and oxygen atoms in total. The van der Waals surface area contributed by atoms with E-state index in [9.17, 15) is 0 Å². The van der Waals surface area contributed by atoms with Crippen LogP contribution < -0.4 is 5.32 Å². The first-order valence-corrected chi connectivity index (χ1v) is 9.29. The second-order valence-electron chi connectivity index (χ2n) is 8.57. The monoisotopic (exact) mass is 296 g/mol. The molecule has 2 atom stereocenters. The Morgan fingerprint density at radius 1 is 1.05 bits per heavy atom. The Morgan fingerprint density at radius 3 is 2.33 bits per heavy atom. The van der Waals surface area contributed by atoms with Crippen molar-refractivity contribution in [3.63, 3.8) is 0 Å². The summed E-state index contributed by atoms with van der Waals surface area (Å²) in [7, 11) is 0. The van der Waals surface area contributed by atoms with Crippen molar-refractivity contribution in [1.82, 2.24) is 10.2 Å². The summed E-state index contributed by atoms with van der Waals surface area (Å²) in [6.07, 6.45) is 9.57. The molecule has 0 amide bonds. The second-order valence-corrected chi connectivity index (χ2v) is 8.57. The Labute approximate surface area is 134 Å². The lowest BCUT2D eigenvalue weighted by molar-refractivity contribution is 0.0737. The molecule has 21 heavy (non-hydrogen) atoms. The summed E-state index contributed by atoms with van der Waals surface area (Å²) in [5, 5.41) is 3.76. The number of hydrogen-bond acceptors (Lipinski definition) is 2. The van der Waals surface area contributed by atoms with Crippen LogP contribution in [0.4, 0.5) is 0 Å². The first-order valence-electron chi connectivity index (χ1n) is 9.29. The molecule has 1 aliphatic rings. The van der Waals surface area contributed by atoms with Crippen LogP contribution in [-0.2, 0) is 0 Å². The van der Waals surface area contributed by atoms with Crippen molar-refractivity contribution in [2.45, 2.75) is 98.1 Å². The maximum Gasteiger partial charge on any atom is 0.00967 e. The Bertz CT molecular complexity index is 280. The van der Waals surface area contributed by atoms with Crippen molar-refractivity contribution < 1.29 is 0 Å². The zero-order valence-electron chi connectivity index (χ0n) is 15.6. The molecular weight excluding hydrogens is 256 g/mol. The van der Waals surface area contributed by atoms with E-state index in [2.05, 4.69) is 51.8 Å². The van der Waals surface area contributed by atoms with Gasteiger partial charge in [0.2, 0.25) is 0 Å². The number of nitrogens with zero attached hydrogens (tertiary/aromatic N) is 1. The Kier molecular flexibility index (Phi) is 7.70. The second kappa shape index (κ2) is 8.53. The van der Waals surface area contributed by atoms with Gasteiger partial charge in [-0.15, -0.1) is 0 Å². The Morgan fingerprint density at radius 2 is 1.76 bits per heavy atom. The van der Waals surface area contributed by atoms with Gasteiger partial charge in [0.05, 0.1) is 0 Å². The van der Waals surface area contributed by atoms with E-state index in [1.54, 1.807) is 0 Å². The molecule has 2 unspecified atom stereocenters. The molecule has 1 N–H and O–H groups in total. The summed E-state index contributed by atoms with van der Waals surface area (Å²) >= 11 is 0. The van der Waals surface area contributed by atoms with Gasteiger partial charge in [-0.2, -0.15) is 0 Å². The van der Waals surface area contributed by atoms with Crippen LogP contribution in [0.5, 0.6) is 0 Å². The molecule has 0 aliphatic carbocycles. The van der Waals surface area contributed by atoms with Crippen LogP contribution in [0.3, 0.4) is 0 Å². The zero-order chi connectivity index (χ0) is 15.9. The number of piperidine rings is 1. The van der Waals surface area contributed by atoms with Gasteiger partial charge in [0, 0.05) is 24.7 Å². The number of likely N-dealkylation sites (tertiary alicyclic amines) is 1. The fourth-order valence-corrected chi connectivity index (χ4v) is 3.72. The molecule has 126 valence electrons. The van der Waals surface area contributed by atoms with Gasteiger partial charge < -0.3 is 5.32 Å². The Balaban J connectivity index is 2.65. The van der Waals surface area contributed by atoms with Gasteiger partial charge >= 0.3 is 0 Å². The zero-order valence-corrected chi connectivity index (χ0v) is 15.6. The predicted octanol–water partition coefficient (Wildman–Crippen LogP) is 4.84. The summed E-state index contributed by atoms with van der Waals surface area (Å²) in [6, 6.07) is 0.842. The van der Waals surface area contributed by atoms with Crippen LogP contribution in [0.2, 0.25) is 0 Å². The van der Waals surface area contributed by atoms with E-state index in [-0.39, 0.29) is 5.54 Å². The minimum Gasteiger partial charge on any atom is -0.311 e. The van der Waals surface area contributed by atoms with Gasteiger partial charge in [-0.05, 0) is 58.4 Å². The molecule has 0 radical (unpaired) electrons. The first-order chi connectivity index (χ1) is 9.79. The third-order valence-electron chi connectivity index (χ3n) is 4.85. The highest BCUT2D eigenvalue weighted by Gasteiger charge is 2.31. The first kappa shape index (κ1) is 19.0. The van der Waals surface area contributed by atoms with Crippen LogP contribution in [0.25, 0.3) is 0 Å². The van der Waals surface area contributed by atoms with Crippen LogP contribution in [0.15, 0.2) is 0 Å². The molecule has 0 aromatic rings. The molecule has 0 spiro atoms. The number of rotatable bonds is 8. The molecule has 1 heterocycles. The SMILES string of the molecule is CCCC1CCCCN1CC(C)(CCC)CNC(C)(C)C. The largest absolute Gasteiger partial charge is 0.311 e. The molecule has 2 heteroatoms. The van der Waals surface area contributed by atoms with E-state index in [0.717, 1.165) is 12.6 Å². The predicted molar refractivity (Wildman–Crippen MR) is 94.9 cm³/mol. The maximum atomic E-state index is 3.76. The maximum absolute atomic E-state index is 3.76. The molecule has 1 rings (SSSR count). The van der Waals surface area contributed by atoms with Gasteiger partial charge in [0.1, 0.15) is 0 Å². The average Bonchev–Trinajstić information content (AvgIpc) is 2.39. The van der Waals surface area contributed by atoms with Crippen molar-refractivity contribution in [1.29, 1.82) is 0 Å². The third-order valence-corrected chi connectivity index (χ3v) is 4.85. The highest BCUT2D eigenvalue weighted by Crippen LogP contribution is 2.29. The smallest absolute Gasteiger partial charge is 0.00967 e. The lowest BCUT2D eigenvalue weighted by Gasteiger charge is -2.43. The summed E-state index contributed by atoms with van der Waals surface area (Å²) in [4.78, 5) is 2.81. The highest BCUT2D eigenvalue weighted by molar-refractivity contribution is 4.87. The molecule has 0 bridgehead atoms. The fourth-order valence-electron chi connectivity index (χ4n) is 3.72. The number of nitrogens with one attached hydrogen (secondary N) is 1. The molecule has 1 fully saturated rings. The van der Waals surface area contributed by atoms with Crippen molar-refractivity contribution in [2.75, 3.05) is 19.6 Å². The van der Waals surface area contributed by atoms with Gasteiger partial charge in [0.25, 0.3) is 0 Å². The minimum atomic E-state index is 0.222. The average molecular weight is 297 g/mol. The van der Waals surface area contributed by atoms with E-state index >= 15 is 0 Å². The molecule has 0 aromatic heterocycles. The van der Waals surface area contributed by atoms with E-state index < -0.39 is 0 Å². The molecular formula is C19H40N2. The highest BCUT2D eigenvalue weighted by atomic mass is 15.2. The van der Waals surface area contributed by atoms with Crippen molar-refractivity contribution in [3.05, 3.63) is 0 Å². The lowest BCUT2D eigenvalue weighted by atomic mass is 9.82. The lowest BCUT2D eigenvalue weighted by Crippen LogP contribution is -2.50. The van der Waals surface area contributed by atoms with Crippen LogP contribution in [0, 0.1) is 5.41 Å². The Hall–Kier alpha value is -0.0800. The third kappa shape index (κ3) is 7.15. The van der Waals surface area contributed by atoms with E-state index in [1.165, 1.54) is 58.0 Å². The van der Waals surface area contributed by atoms with Gasteiger partial charge in [-0.1, -0.05) is 40.0 Å². The number of hydrogen-bond donors (Lipinski definition) is 1. The normalized spacial score (nSPS) is 24.0. The molecule has 1 saturated heterocycles. The van der Waals surface area contributed by atoms with E-state index in [0.29, 0.717) is 5.41 Å². The van der Waals surface area contributed by atoms with E-state index in [4.69, 9.17) is 0 Å².